The fourth-order valence-electron chi connectivity index (χ4n) is 3.65. The smallest absolute Gasteiger partial charge is 0.244 e. The summed E-state index contributed by atoms with van der Waals surface area (Å²) in [6, 6.07) is 15.8. The number of carbonyl (C=O) groups is 1. The van der Waals surface area contributed by atoms with E-state index in [1.54, 1.807) is 12.2 Å². The molecule has 2 aromatic carbocycles. The number of hydrogen-bond donors (Lipinski definition) is 2. The van der Waals surface area contributed by atoms with Crippen LogP contribution in [0.5, 0.6) is 11.5 Å². The number of morpholine rings is 1. The van der Waals surface area contributed by atoms with Gasteiger partial charge in [-0.2, -0.15) is 0 Å². The number of fused-ring (bicyclic) bond motifs is 1. The van der Waals surface area contributed by atoms with Crippen molar-refractivity contribution in [1.29, 1.82) is 0 Å². The van der Waals surface area contributed by atoms with Crippen LogP contribution in [0.3, 0.4) is 0 Å². The molecule has 0 bridgehead atoms. The van der Waals surface area contributed by atoms with E-state index in [1.807, 2.05) is 36.4 Å². The molecule has 2 aromatic rings. The normalized spacial score (nSPS) is 17.8. The molecule has 0 spiro atoms. The Hall–Kier alpha value is -2.83. The van der Waals surface area contributed by atoms with Crippen molar-refractivity contribution in [3.8, 4) is 11.5 Å². The molecule has 1 atom stereocenters. The Balaban J connectivity index is 1.42. The maximum atomic E-state index is 12.6. The second kappa shape index (κ2) is 9.58. The first-order valence-corrected chi connectivity index (χ1v) is 10.1. The van der Waals surface area contributed by atoms with Gasteiger partial charge in [-0.1, -0.05) is 36.4 Å². The molecule has 2 aliphatic heterocycles. The average Bonchev–Trinajstić information content (AvgIpc) is 2.78. The molecule has 2 aliphatic rings. The van der Waals surface area contributed by atoms with Crippen LogP contribution in [-0.4, -0.2) is 52.0 Å². The average molecular weight is 395 g/mol. The maximum absolute atomic E-state index is 12.6. The van der Waals surface area contributed by atoms with Crippen LogP contribution in [0.2, 0.25) is 0 Å². The molecule has 6 heteroatoms. The van der Waals surface area contributed by atoms with E-state index < -0.39 is 0 Å². The minimum absolute atomic E-state index is 0.0401. The molecule has 4 rings (SSSR count). The number of hydrogen-bond acceptors (Lipinski definition) is 4. The molecule has 29 heavy (non-hydrogen) atoms. The van der Waals surface area contributed by atoms with Crippen molar-refractivity contribution in [1.82, 2.24) is 5.32 Å². The van der Waals surface area contributed by atoms with E-state index in [0.29, 0.717) is 13.2 Å². The molecule has 0 radical (unpaired) electrons. The third-order valence-electron chi connectivity index (χ3n) is 5.20. The zero-order valence-electron chi connectivity index (χ0n) is 16.4. The fraction of sp³-hybridized carbons (Fsp3) is 0.348. The van der Waals surface area contributed by atoms with Crippen LogP contribution in [0.15, 0.2) is 54.6 Å². The first-order valence-electron chi connectivity index (χ1n) is 10.1. The highest BCUT2D eigenvalue weighted by molar-refractivity contribution is 5.92. The van der Waals surface area contributed by atoms with Crippen molar-refractivity contribution in [2.45, 2.75) is 6.04 Å². The molecule has 1 fully saturated rings. The fourth-order valence-corrected chi connectivity index (χ4v) is 3.65. The molecular formula is C23H27N2O4+. The number of benzene rings is 2. The Morgan fingerprint density at radius 3 is 2.55 bits per heavy atom. The number of quaternary nitrogens is 1. The SMILES string of the molecule is O=C(/C=C/c1ccc2c(c1)OCCO2)N[C@H](C[NH+]1CCOCC1)c1ccccc1. The van der Waals surface area contributed by atoms with Crippen LogP contribution in [-0.2, 0) is 9.53 Å². The van der Waals surface area contributed by atoms with E-state index >= 15 is 0 Å². The Morgan fingerprint density at radius 2 is 1.76 bits per heavy atom. The molecule has 1 saturated heterocycles. The van der Waals surface area contributed by atoms with E-state index in [-0.39, 0.29) is 11.9 Å². The third kappa shape index (κ3) is 5.37. The second-order valence-corrected chi connectivity index (χ2v) is 7.27. The summed E-state index contributed by atoms with van der Waals surface area (Å²) >= 11 is 0. The van der Waals surface area contributed by atoms with Gasteiger partial charge in [0.2, 0.25) is 5.91 Å². The largest absolute Gasteiger partial charge is 0.486 e. The minimum atomic E-state index is -0.110. The quantitative estimate of drug-likeness (QED) is 0.723. The highest BCUT2D eigenvalue weighted by Gasteiger charge is 2.22. The standard InChI is InChI=1S/C23H26N2O4/c26-23(9-7-18-6-8-21-22(16-18)29-15-14-28-21)24-20(19-4-2-1-3-5-19)17-25-10-12-27-13-11-25/h1-9,16,20H,10-15,17H2,(H,24,26)/p+1/b9-7+/t20-/m1/s1. The first-order chi connectivity index (χ1) is 14.3. The van der Waals surface area contributed by atoms with Crippen LogP contribution >= 0.6 is 0 Å². The lowest BCUT2D eigenvalue weighted by Crippen LogP contribution is -3.14. The van der Waals surface area contributed by atoms with Gasteiger partial charge in [-0.3, -0.25) is 4.79 Å². The van der Waals surface area contributed by atoms with Gasteiger partial charge < -0.3 is 24.4 Å². The predicted octanol–water partition coefficient (Wildman–Crippen LogP) is 1.24. The van der Waals surface area contributed by atoms with Crippen molar-refractivity contribution in [2.24, 2.45) is 0 Å². The molecule has 0 aliphatic carbocycles. The van der Waals surface area contributed by atoms with Gasteiger partial charge in [-0.05, 0) is 29.3 Å². The molecule has 6 nitrogen and oxygen atoms in total. The zero-order chi connectivity index (χ0) is 19.9. The van der Waals surface area contributed by atoms with Gasteiger partial charge in [-0.15, -0.1) is 0 Å². The highest BCUT2D eigenvalue weighted by atomic mass is 16.6. The van der Waals surface area contributed by atoms with E-state index in [2.05, 4.69) is 17.4 Å². The van der Waals surface area contributed by atoms with E-state index in [9.17, 15) is 4.79 Å². The van der Waals surface area contributed by atoms with Gasteiger partial charge in [0.15, 0.2) is 11.5 Å². The summed E-state index contributed by atoms with van der Waals surface area (Å²) in [5.41, 5.74) is 2.02. The van der Waals surface area contributed by atoms with E-state index in [4.69, 9.17) is 14.2 Å². The summed E-state index contributed by atoms with van der Waals surface area (Å²) < 4.78 is 16.6. The van der Waals surface area contributed by atoms with Gasteiger partial charge in [0, 0.05) is 6.08 Å². The van der Waals surface area contributed by atoms with Crippen LogP contribution < -0.4 is 19.7 Å². The summed E-state index contributed by atoms with van der Waals surface area (Å²) in [5, 5.41) is 3.17. The maximum Gasteiger partial charge on any atom is 0.244 e. The first kappa shape index (κ1) is 19.5. The monoisotopic (exact) mass is 395 g/mol. The van der Waals surface area contributed by atoms with Crippen LogP contribution in [0.1, 0.15) is 17.2 Å². The minimum Gasteiger partial charge on any atom is -0.486 e. The van der Waals surface area contributed by atoms with Crippen LogP contribution in [0, 0.1) is 0 Å². The summed E-state index contributed by atoms with van der Waals surface area (Å²) in [4.78, 5) is 14.1. The number of amides is 1. The van der Waals surface area contributed by atoms with Crippen molar-refractivity contribution in [2.75, 3.05) is 46.1 Å². The number of ether oxygens (including phenoxy) is 3. The molecular weight excluding hydrogens is 368 g/mol. The van der Waals surface area contributed by atoms with Gasteiger partial charge in [0.25, 0.3) is 0 Å². The third-order valence-corrected chi connectivity index (χ3v) is 5.20. The van der Waals surface area contributed by atoms with Gasteiger partial charge in [0.05, 0.1) is 13.2 Å². The van der Waals surface area contributed by atoms with E-state index in [1.165, 1.54) is 4.90 Å². The van der Waals surface area contributed by atoms with Gasteiger partial charge in [0.1, 0.15) is 38.9 Å². The van der Waals surface area contributed by atoms with Crippen molar-refractivity contribution in [3.63, 3.8) is 0 Å². The topological polar surface area (TPSA) is 61.2 Å². The molecule has 0 unspecified atom stereocenters. The lowest BCUT2D eigenvalue weighted by molar-refractivity contribution is -0.909. The van der Waals surface area contributed by atoms with Gasteiger partial charge >= 0.3 is 0 Å². The molecule has 0 saturated carbocycles. The molecule has 1 amide bonds. The molecule has 2 N–H and O–H groups in total. The summed E-state index contributed by atoms with van der Waals surface area (Å²) in [5.74, 6) is 1.36. The predicted molar refractivity (Wildman–Crippen MR) is 110 cm³/mol. The highest BCUT2D eigenvalue weighted by Crippen LogP contribution is 2.31. The van der Waals surface area contributed by atoms with Crippen LogP contribution in [0.4, 0.5) is 0 Å². The Labute approximate surface area is 171 Å². The number of carbonyl (C=O) groups excluding carboxylic acids is 1. The van der Waals surface area contributed by atoms with Crippen molar-refractivity contribution in [3.05, 3.63) is 65.7 Å². The zero-order valence-corrected chi connectivity index (χ0v) is 16.4. The number of rotatable bonds is 6. The molecule has 2 heterocycles. The summed E-state index contributed by atoms with van der Waals surface area (Å²) in [6.07, 6.45) is 3.38. The second-order valence-electron chi connectivity index (χ2n) is 7.27. The van der Waals surface area contributed by atoms with E-state index in [0.717, 1.165) is 55.5 Å². The van der Waals surface area contributed by atoms with Crippen LogP contribution in [0.25, 0.3) is 6.08 Å². The summed E-state index contributed by atoms with van der Waals surface area (Å²) in [6.45, 7) is 5.43. The lowest BCUT2D eigenvalue weighted by Gasteiger charge is -2.28. The lowest BCUT2D eigenvalue weighted by atomic mass is 10.1. The van der Waals surface area contributed by atoms with Crippen molar-refractivity contribution < 1.29 is 23.9 Å². The number of nitrogens with one attached hydrogen (secondary N) is 2. The Morgan fingerprint density at radius 1 is 1.00 bits per heavy atom. The molecule has 0 aromatic heterocycles. The van der Waals surface area contributed by atoms with Crippen molar-refractivity contribution >= 4 is 12.0 Å². The van der Waals surface area contributed by atoms with Gasteiger partial charge in [-0.25, -0.2) is 0 Å². The Kier molecular flexibility index (Phi) is 6.44. The molecule has 152 valence electrons. The summed E-state index contributed by atoms with van der Waals surface area (Å²) in [7, 11) is 0. The Bertz CT molecular complexity index is 847.